The molecule has 1 atom stereocenters. The van der Waals surface area contributed by atoms with Gasteiger partial charge in [-0.3, -0.25) is 14.8 Å². The summed E-state index contributed by atoms with van der Waals surface area (Å²) in [7, 11) is 0. The van der Waals surface area contributed by atoms with Gasteiger partial charge in [0.15, 0.2) is 17.6 Å². The molecule has 0 saturated carbocycles. The minimum atomic E-state index is -0.791. The van der Waals surface area contributed by atoms with Crippen molar-refractivity contribution < 1.29 is 13.5 Å². The lowest BCUT2D eigenvalue weighted by atomic mass is 10.0. The normalized spacial score (nSPS) is 19.9. The van der Waals surface area contributed by atoms with E-state index in [0.29, 0.717) is 18.5 Å². The maximum atomic E-state index is 13.4. The van der Waals surface area contributed by atoms with Gasteiger partial charge in [-0.05, 0) is 43.4 Å². The van der Waals surface area contributed by atoms with Crippen molar-refractivity contribution in [2.24, 2.45) is 10.9 Å². The topological polar surface area (TPSA) is 52.1 Å². The van der Waals surface area contributed by atoms with E-state index in [-0.39, 0.29) is 24.0 Å². The number of likely N-dealkylation sites (tertiary alicyclic amines) is 1. The first-order chi connectivity index (χ1) is 15.0. The van der Waals surface area contributed by atoms with Crippen LogP contribution in [0.5, 0.6) is 0 Å². The van der Waals surface area contributed by atoms with Gasteiger partial charge in [0.25, 0.3) is 0 Å². The maximum absolute atomic E-state index is 13.4. The Hall–Kier alpha value is -1.04. The molecule has 1 aromatic carbocycles. The summed E-state index contributed by atoms with van der Waals surface area (Å²) in [6.07, 6.45) is 1.99. The highest BCUT2D eigenvalue weighted by molar-refractivity contribution is 14.0. The Labute approximate surface area is 208 Å². The smallest absolute Gasteiger partial charge is 0.191 e. The number of piperidine rings is 1. The number of benzene rings is 1. The zero-order valence-corrected chi connectivity index (χ0v) is 21.6. The summed E-state index contributed by atoms with van der Waals surface area (Å²) in [6, 6.07) is 4.54. The van der Waals surface area contributed by atoms with E-state index >= 15 is 0 Å². The minimum Gasteiger partial charge on any atom is -0.379 e. The van der Waals surface area contributed by atoms with Crippen LogP contribution < -0.4 is 10.6 Å². The van der Waals surface area contributed by atoms with Crippen molar-refractivity contribution in [1.29, 1.82) is 0 Å². The number of aliphatic imine (C=N–C) groups is 1. The lowest BCUT2D eigenvalue weighted by Crippen LogP contribution is -2.48. The molecule has 2 heterocycles. The van der Waals surface area contributed by atoms with Crippen molar-refractivity contribution in [2.45, 2.75) is 39.3 Å². The molecule has 1 unspecified atom stereocenters. The van der Waals surface area contributed by atoms with Gasteiger partial charge in [-0.15, -0.1) is 24.0 Å². The van der Waals surface area contributed by atoms with E-state index in [0.717, 1.165) is 83.4 Å². The second-order valence-corrected chi connectivity index (χ2v) is 8.68. The molecule has 0 amide bonds. The molecular formula is C23H38F2IN5O. The van der Waals surface area contributed by atoms with Crippen LogP contribution >= 0.6 is 24.0 Å². The van der Waals surface area contributed by atoms with E-state index in [9.17, 15) is 8.78 Å². The molecule has 2 aliphatic rings. The number of hydrogen-bond acceptors (Lipinski definition) is 4. The van der Waals surface area contributed by atoms with Crippen LogP contribution in [0.3, 0.4) is 0 Å². The number of nitrogens with zero attached hydrogens (tertiary/aromatic N) is 3. The summed E-state index contributed by atoms with van der Waals surface area (Å²) in [5.74, 6) is -0.188. The fourth-order valence-corrected chi connectivity index (χ4v) is 4.17. The Bertz CT molecular complexity index is 710. The van der Waals surface area contributed by atoms with Crippen molar-refractivity contribution in [3.8, 4) is 0 Å². The van der Waals surface area contributed by atoms with Crippen molar-refractivity contribution in [3.63, 3.8) is 0 Å². The van der Waals surface area contributed by atoms with Crippen LogP contribution in [-0.4, -0.2) is 80.8 Å². The van der Waals surface area contributed by atoms with E-state index < -0.39 is 11.6 Å². The largest absolute Gasteiger partial charge is 0.379 e. The Balaban J connectivity index is 0.00000363. The van der Waals surface area contributed by atoms with Gasteiger partial charge in [-0.25, -0.2) is 8.78 Å². The van der Waals surface area contributed by atoms with Crippen LogP contribution in [0.1, 0.15) is 32.3 Å². The molecular weight excluding hydrogens is 527 g/mol. The molecule has 0 spiro atoms. The molecule has 0 bridgehead atoms. The highest BCUT2D eigenvalue weighted by atomic mass is 127. The zero-order valence-electron chi connectivity index (χ0n) is 19.3. The van der Waals surface area contributed by atoms with Gasteiger partial charge >= 0.3 is 0 Å². The van der Waals surface area contributed by atoms with Gasteiger partial charge in [0, 0.05) is 58.4 Å². The molecule has 2 saturated heterocycles. The molecule has 6 nitrogen and oxygen atoms in total. The highest BCUT2D eigenvalue weighted by Gasteiger charge is 2.21. The molecule has 1 aromatic rings. The monoisotopic (exact) mass is 565 g/mol. The Morgan fingerprint density at radius 3 is 2.50 bits per heavy atom. The molecule has 3 rings (SSSR count). The summed E-state index contributed by atoms with van der Waals surface area (Å²) in [4.78, 5) is 9.57. The molecule has 2 aliphatic heterocycles. The van der Waals surface area contributed by atoms with Gasteiger partial charge in [-0.1, -0.05) is 13.0 Å². The van der Waals surface area contributed by atoms with Gasteiger partial charge < -0.3 is 15.4 Å². The van der Waals surface area contributed by atoms with Crippen LogP contribution in [0.4, 0.5) is 8.78 Å². The predicted molar refractivity (Wildman–Crippen MR) is 136 cm³/mol. The molecule has 0 radical (unpaired) electrons. The average Bonchev–Trinajstić information content (AvgIpc) is 2.77. The lowest BCUT2D eigenvalue weighted by molar-refractivity contribution is 0.0323. The molecule has 0 aromatic heterocycles. The summed E-state index contributed by atoms with van der Waals surface area (Å²) in [5, 5.41) is 6.95. The minimum absolute atomic E-state index is 0. The third-order valence-corrected chi connectivity index (χ3v) is 5.90. The number of guanidine groups is 1. The van der Waals surface area contributed by atoms with Crippen LogP contribution in [0.2, 0.25) is 0 Å². The van der Waals surface area contributed by atoms with Gasteiger partial charge in [0.1, 0.15) is 0 Å². The summed E-state index contributed by atoms with van der Waals surface area (Å²) in [6.45, 7) is 13.2. The molecule has 9 heteroatoms. The second-order valence-electron chi connectivity index (χ2n) is 8.68. The van der Waals surface area contributed by atoms with Gasteiger partial charge in [-0.2, -0.15) is 0 Å². The number of ether oxygens (including phenoxy) is 1. The van der Waals surface area contributed by atoms with Crippen molar-refractivity contribution in [3.05, 3.63) is 35.4 Å². The second kappa shape index (κ2) is 14.3. The van der Waals surface area contributed by atoms with Gasteiger partial charge in [0.05, 0.1) is 13.2 Å². The summed E-state index contributed by atoms with van der Waals surface area (Å²) in [5.41, 5.74) is 0.814. The number of morpholine rings is 1. The zero-order chi connectivity index (χ0) is 22.1. The number of nitrogens with one attached hydrogen (secondary N) is 2. The number of rotatable bonds is 8. The molecule has 32 heavy (non-hydrogen) atoms. The first-order valence-corrected chi connectivity index (χ1v) is 11.5. The predicted octanol–water partition coefficient (Wildman–Crippen LogP) is 3.07. The lowest BCUT2D eigenvalue weighted by Gasteiger charge is -2.33. The first kappa shape index (κ1) is 27.2. The number of halogens is 3. The first-order valence-electron chi connectivity index (χ1n) is 11.5. The van der Waals surface area contributed by atoms with E-state index in [4.69, 9.17) is 9.73 Å². The third-order valence-electron chi connectivity index (χ3n) is 5.90. The number of hydrogen-bond donors (Lipinski definition) is 2. The van der Waals surface area contributed by atoms with E-state index in [1.54, 1.807) is 6.07 Å². The van der Waals surface area contributed by atoms with Crippen LogP contribution in [0.15, 0.2) is 23.2 Å². The van der Waals surface area contributed by atoms with Gasteiger partial charge in [0.2, 0.25) is 0 Å². The Morgan fingerprint density at radius 2 is 1.84 bits per heavy atom. The van der Waals surface area contributed by atoms with Crippen LogP contribution in [0, 0.1) is 17.6 Å². The Morgan fingerprint density at radius 1 is 1.12 bits per heavy atom. The fourth-order valence-electron chi connectivity index (χ4n) is 4.17. The van der Waals surface area contributed by atoms with Crippen molar-refractivity contribution in [1.82, 2.24) is 20.4 Å². The average molecular weight is 565 g/mol. The van der Waals surface area contributed by atoms with E-state index in [2.05, 4.69) is 34.3 Å². The standard InChI is InChI=1S/C23H37F2N5O.HI/c1-3-26-23(27-15-18(2)16-30-10-12-31-13-11-30)28-20-6-8-29(9-7-20)17-19-4-5-21(24)22(25)14-19;/h4-5,14,18,20H,3,6-13,15-17H2,1-2H3,(H2,26,27,28);1H. The van der Waals surface area contributed by atoms with E-state index in [1.807, 2.05) is 0 Å². The fraction of sp³-hybridized carbons (Fsp3) is 0.696. The third kappa shape index (κ3) is 9.07. The summed E-state index contributed by atoms with van der Waals surface area (Å²) < 4.78 is 32.0. The molecule has 182 valence electrons. The quantitative estimate of drug-likeness (QED) is 0.289. The van der Waals surface area contributed by atoms with Crippen molar-refractivity contribution >= 4 is 29.9 Å². The summed E-state index contributed by atoms with van der Waals surface area (Å²) >= 11 is 0. The molecule has 0 aliphatic carbocycles. The van der Waals surface area contributed by atoms with Crippen LogP contribution in [0.25, 0.3) is 0 Å². The van der Waals surface area contributed by atoms with Crippen molar-refractivity contribution in [2.75, 3.05) is 59.0 Å². The SMILES string of the molecule is CCNC(=NCC(C)CN1CCOCC1)NC1CCN(Cc2ccc(F)c(F)c2)CC1.I. The maximum Gasteiger partial charge on any atom is 0.191 e. The molecule has 2 fully saturated rings. The van der Waals surface area contributed by atoms with Crippen LogP contribution in [-0.2, 0) is 11.3 Å². The van der Waals surface area contributed by atoms with E-state index in [1.165, 1.54) is 12.1 Å². The Kier molecular flexibility index (Phi) is 12.1. The molecule has 2 N–H and O–H groups in total. The highest BCUT2D eigenvalue weighted by Crippen LogP contribution is 2.16.